The zero-order valence-corrected chi connectivity index (χ0v) is 8.16. The van der Waals surface area contributed by atoms with Gasteiger partial charge in [0.15, 0.2) is 0 Å². The Labute approximate surface area is 90.5 Å². The van der Waals surface area contributed by atoms with Crippen LogP contribution in [-0.4, -0.2) is 39.1 Å². The van der Waals surface area contributed by atoms with Crippen LogP contribution in [0.15, 0.2) is 24.0 Å². The van der Waals surface area contributed by atoms with Crippen LogP contribution < -0.4 is 5.73 Å². The first-order chi connectivity index (χ1) is 7.38. The standard InChI is InChI=1S/C9H11NO6/c10-6(8(13)14)3-5(1-2-11)4-7(12)9(15)16/h1-2,4,6,11H,3,10H2,(H,13,14)(H,15,16)/b2-1+,5-4+/t6-/m0/s1. The summed E-state index contributed by atoms with van der Waals surface area (Å²) in [5, 5.41) is 25.3. The number of carbonyl (C=O) groups is 3. The lowest BCUT2D eigenvalue weighted by atomic mass is 10.1. The van der Waals surface area contributed by atoms with Gasteiger partial charge in [0.05, 0.1) is 6.26 Å². The lowest BCUT2D eigenvalue weighted by Crippen LogP contribution is -2.30. The molecule has 0 saturated carbocycles. The first-order valence-electron chi connectivity index (χ1n) is 4.15. The molecule has 0 radical (unpaired) electrons. The minimum Gasteiger partial charge on any atom is -0.516 e. The van der Waals surface area contributed by atoms with E-state index in [9.17, 15) is 14.4 Å². The molecule has 0 amide bonds. The van der Waals surface area contributed by atoms with E-state index in [0.717, 1.165) is 6.08 Å². The molecule has 0 heterocycles. The van der Waals surface area contributed by atoms with Crippen LogP contribution in [-0.2, 0) is 14.4 Å². The maximum absolute atomic E-state index is 10.8. The number of carboxylic acids is 2. The van der Waals surface area contributed by atoms with E-state index < -0.39 is 23.8 Å². The third-order valence-electron chi connectivity index (χ3n) is 1.59. The van der Waals surface area contributed by atoms with Gasteiger partial charge in [0, 0.05) is 0 Å². The van der Waals surface area contributed by atoms with E-state index >= 15 is 0 Å². The van der Waals surface area contributed by atoms with Gasteiger partial charge in [-0.2, -0.15) is 0 Å². The molecule has 0 aromatic carbocycles. The zero-order chi connectivity index (χ0) is 12.7. The Morgan fingerprint density at radius 3 is 2.19 bits per heavy atom. The molecule has 0 fully saturated rings. The molecule has 88 valence electrons. The third-order valence-corrected chi connectivity index (χ3v) is 1.59. The van der Waals surface area contributed by atoms with Gasteiger partial charge in [0.2, 0.25) is 0 Å². The minimum absolute atomic E-state index is 0.0183. The molecule has 0 bridgehead atoms. The Kier molecular flexibility index (Phi) is 5.50. The second-order valence-corrected chi connectivity index (χ2v) is 2.85. The molecule has 0 aliphatic carbocycles. The van der Waals surface area contributed by atoms with E-state index in [1.165, 1.54) is 0 Å². The number of ketones is 1. The van der Waals surface area contributed by atoms with Crippen molar-refractivity contribution in [3.8, 4) is 0 Å². The van der Waals surface area contributed by atoms with E-state index in [1.807, 2.05) is 0 Å². The maximum Gasteiger partial charge on any atom is 0.376 e. The van der Waals surface area contributed by atoms with E-state index in [2.05, 4.69) is 0 Å². The highest BCUT2D eigenvalue weighted by molar-refractivity contribution is 6.37. The average Bonchev–Trinajstić information content (AvgIpc) is 2.17. The molecular formula is C9H11NO6. The van der Waals surface area contributed by atoms with Gasteiger partial charge in [-0.1, -0.05) is 0 Å². The highest BCUT2D eigenvalue weighted by Crippen LogP contribution is 2.06. The van der Waals surface area contributed by atoms with Gasteiger partial charge in [0.25, 0.3) is 5.78 Å². The highest BCUT2D eigenvalue weighted by Gasteiger charge is 2.15. The number of aliphatic carboxylic acids is 2. The summed E-state index contributed by atoms with van der Waals surface area (Å²) in [7, 11) is 0. The lowest BCUT2D eigenvalue weighted by Gasteiger charge is -2.06. The molecule has 0 unspecified atom stereocenters. The quantitative estimate of drug-likeness (QED) is 0.207. The number of carbonyl (C=O) groups excluding carboxylic acids is 1. The van der Waals surface area contributed by atoms with Crippen molar-refractivity contribution in [1.82, 2.24) is 0 Å². The molecule has 0 aromatic heterocycles. The molecule has 1 atom stereocenters. The summed E-state index contributed by atoms with van der Waals surface area (Å²) in [4.78, 5) is 31.4. The fourth-order valence-electron chi connectivity index (χ4n) is 0.842. The molecule has 0 aliphatic rings. The van der Waals surface area contributed by atoms with Crippen molar-refractivity contribution >= 4 is 17.7 Å². The van der Waals surface area contributed by atoms with Crippen molar-refractivity contribution in [3.05, 3.63) is 24.0 Å². The van der Waals surface area contributed by atoms with Crippen molar-refractivity contribution in [2.75, 3.05) is 0 Å². The highest BCUT2D eigenvalue weighted by atomic mass is 16.4. The number of carboxylic acid groups (broad SMARTS) is 2. The SMILES string of the molecule is N[C@@H](CC(=C/C(=O)C(=O)O)/C=C/O)C(=O)O. The molecule has 0 aliphatic heterocycles. The number of hydrogen-bond acceptors (Lipinski definition) is 5. The smallest absolute Gasteiger partial charge is 0.376 e. The number of nitrogens with two attached hydrogens (primary N) is 1. The fourth-order valence-corrected chi connectivity index (χ4v) is 0.842. The van der Waals surface area contributed by atoms with E-state index in [4.69, 9.17) is 21.1 Å². The molecule has 7 heteroatoms. The Bertz CT molecular complexity index is 357. The van der Waals surface area contributed by atoms with Gasteiger partial charge in [-0.3, -0.25) is 9.59 Å². The molecule has 0 aromatic rings. The van der Waals surface area contributed by atoms with Crippen LogP contribution in [0.1, 0.15) is 6.42 Å². The van der Waals surface area contributed by atoms with Crippen molar-refractivity contribution in [3.63, 3.8) is 0 Å². The van der Waals surface area contributed by atoms with Crippen LogP contribution in [0, 0.1) is 0 Å². The van der Waals surface area contributed by atoms with Crippen LogP contribution in [0.2, 0.25) is 0 Å². The average molecular weight is 229 g/mol. The number of aliphatic hydroxyl groups excluding tert-OH is 1. The summed E-state index contributed by atoms with van der Waals surface area (Å²) in [6.07, 6.45) is 2.02. The second-order valence-electron chi connectivity index (χ2n) is 2.85. The Hall–Kier alpha value is -2.15. The number of hydrogen-bond donors (Lipinski definition) is 4. The fraction of sp³-hybridized carbons (Fsp3) is 0.222. The van der Waals surface area contributed by atoms with Gasteiger partial charge in [0.1, 0.15) is 6.04 Å². The third kappa shape index (κ3) is 4.91. The summed E-state index contributed by atoms with van der Waals surface area (Å²) in [5.74, 6) is -4.18. The minimum atomic E-state index is -1.67. The molecule has 7 nitrogen and oxygen atoms in total. The van der Waals surface area contributed by atoms with Crippen LogP contribution in [0.25, 0.3) is 0 Å². The Morgan fingerprint density at radius 1 is 1.25 bits per heavy atom. The van der Waals surface area contributed by atoms with Gasteiger partial charge in [-0.25, -0.2) is 4.79 Å². The largest absolute Gasteiger partial charge is 0.516 e. The maximum atomic E-state index is 10.8. The van der Waals surface area contributed by atoms with E-state index in [1.54, 1.807) is 0 Å². The zero-order valence-electron chi connectivity index (χ0n) is 8.16. The van der Waals surface area contributed by atoms with Gasteiger partial charge in [-0.05, 0) is 24.1 Å². The van der Waals surface area contributed by atoms with Gasteiger partial charge < -0.3 is 21.1 Å². The van der Waals surface area contributed by atoms with Gasteiger partial charge in [-0.15, -0.1) is 0 Å². The predicted molar refractivity (Wildman–Crippen MR) is 52.7 cm³/mol. The van der Waals surface area contributed by atoms with Gasteiger partial charge >= 0.3 is 11.9 Å². The topological polar surface area (TPSA) is 138 Å². The molecule has 0 saturated heterocycles. The molecular weight excluding hydrogens is 218 g/mol. The van der Waals surface area contributed by atoms with Crippen LogP contribution in [0.4, 0.5) is 0 Å². The molecule has 0 spiro atoms. The van der Waals surface area contributed by atoms with Crippen LogP contribution >= 0.6 is 0 Å². The van der Waals surface area contributed by atoms with E-state index in [0.29, 0.717) is 12.3 Å². The predicted octanol–water partition coefficient (Wildman–Crippen LogP) is -0.560. The summed E-state index contributed by atoms with van der Waals surface area (Å²) in [6.45, 7) is 0. The summed E-state index contributed by atoms with van der Waals surface area (Å²) < 4.78 is 0. The Balaban J connectivity index is 4.81. The van der Waals surface area contributed by atoms with Crippen molar-refractivity contribution in [2.45, 2.75) is 12.5 Å². The first-order valence-corrected chi connectivity index (χ1v) is 4.15. The summed E-state index contributed by atoms with van der Waals surface area (Å²) >= 11 is 0. The van der Waals surface area contributed by atoms with Crippen molar-refractivity contribution in [1.29, 1.82) is 0 Å². The van der Waals surface area contributed by atoms with E-state index in [-0.39, 0.29) is 12.0 Å². The monoisotopic (exact) mass is 229 g/mol. The molecule has 16 heavy (non-hydrogen) atoms. The second kappa shape index (κ2) is 6.36. The molecule has 0 rings (SSSR count). The molecule has 5 N–H and O–H groups in total. The summed E-state index contributed by atoms with van der Waals surface area (Å²) in [5.41, 5.74) is 5.20. The Morgan fingerprint density at radius 2 is 1.81 bits per heavy atom. The number of allylic oxidation sites excluding steroid dienone is 1. The van der Waals surface area contributed by atoms with Crippen LogP contribution in [0.5, 0.6) is 0 Å². The summed E-state index contributed by atoms with van der Waals surface area (Å²) in [6, 6.07) is -1.27. The lowest BCUT2D eigenvalue weighted by molar-refractivity contribution is -0.146. The van der Waals surface area contributed by atoms with Crippen molar-refractivity contribution in [2.24, 2.45) is 5.73 Å². The van der Waals surface area contributed by atoms with Crippen molar-refractivity contribution < 1.29 is 29.7 Å². The first kappa shape index (κ1) is 13.8. The number of aliphatic hydroxyl groups is 1. The normalized spacial score (nSPS) is 13.7. The number of rotatable bonds is 6. The van der Waals surface area contributed by atoms with Crippen LogP contribution in [0.3, 0.4) is 0 Å².